The summed E-state index contributed by atoms with van der Waals surface area (Å²) < 4.78 is 28.4. The summed E-state index contributed by atoms with van der Waals surface area (Å²) in [6.07, 6.45) is 0. The average molecular weight is 354 g/mol. The lowest BCUT2D eigenvalue weighted by Crippen LogP contribution is -2.27. The van der Waals surface area contributed by atoms with Crippen LogP contribution in [0.2, 0.25) is 0 Å². The van der Waals surface area contributed by atoms with E-state index in [4.69, 9.17) is 0 Å². The van der Waals surface area contributed by atoms with Crippen molar-refractivity contribution < 1.29 is 8.42 Å². The van der Waals surface area contributed by atoms with E-state index in [1.807, 2.05) is 43.3 Å². The fourth-order valence-electron chi connectivity index (χ4n) is 1.97. The number of rotatable bonds is 4. The fourth-order valence-corrected chi connectivity index (χ4v) is 3.98. The highest BCUT2D eigenvalue weighted by Crippen LogP contribution is 2.22. The Morgan fingerprint density at radius 2 is 1.75 bits per heavy atom. The van der Waals surface area contributed by atoms with Crippen LogP contribution in [0.5, 0.6) is 0 Å². The van der Waals surface area contributed by atoms with Crippen LogP contribution in [-0.2, 0) is 10.0 Å². The molecule has 0 aliphatic carbocycles. The van der Waals surface area contributed by atoms with E-state index in [1.54, 1.807) is 19.1 Å². The van der Waals surface area contributed by atoms with Gasteiger partial charge in [-0.1, -0.05) is 52.3 Å². The Balaban J connectivity index is 2.30. The van der Waals surface area contributed by atoms with E-state index >= 15 is 0 Å². The highest BCUT2D eigenvalue weighted by molar-refractivity contribution is 9.10. The Bertz CT molecular complexity index is 699. The van der Waals surface area contributed by atoms with Crippen molar-refractivity contribution >= 4 is 26.0 Å². The van der Waals surface area contributed by atoms with Crippen LogP contribution in [0.15, 0.2) is 57.9 Å². The summed E-state index contributed by atoms with van der Waals surface area (Å²) in [7, 11) is -3.54. The van der Waals surface area contributed by atoms with Gasteiger partial charge in [-0.2, -0.15) is 0 Å². The van der Waals surface area contributed by atoms with Gasteiger partial charge in [-0.3, -0.25) is 0 Å². The number of halogens is 1. The van der Waals surface area contributed by atoms with E-state index in [-0.39, 0.29) is 6.04 Å². The molecule has 5 heteroatoms. The van der Waals surface area contributed by atoms with Crippen LogP contribution < -0.4 is 4.72 Å². The monoisotopic (exact) mass is 353 g/mol. The molecule has 0 fully saturated rings. The van der Waals surface area contributed by atoms with E-state index in [9.17, 15) is 8.42 Å². The van der Waals surface area contributed by atoms with Crippen LogP contribution in [0, 0.1) is 6.92 Å². The third kappa shape index (κ3) is 3.48. The molecule has 0 saturated heterocycles. The van der Waals surface area contributed by atoms with Gasteiger partial charge in [-0.15, -0.1) is 0 Å². The van der Waals surface area contributed by atoms with Gasteiger partial charge in [-0.25, -0.2) is 13.1 Å². The first-order valence-corrected chi connectivity index (χ1v) is 8.51. The molecular formula is C15H16BrNO2S. The van der Waals surface area contributed by atoms with Gasteiger partial charge in [0.05, 0.1) is 4.90 Å². The van der Waals surface area contributed by atoms with Crippen molar-refractivity contribution in [3.05, 3.63) is 64.1 Å². The Morgan fingerprint density at radius 3 is 2.40 bits per heavy atom. The predicted octanol–water partition coefficient (Wildman–Crippen LogP) is 3.80. The number of hydrogen-bond acceptors (Lipinski definition) is 2. The molecular weight excluding hydrogens is 338 g/mol. The summed E-state index contributed by atoms with van der Waals surface area (Å²) in [6.45, 7) is 3.62. The van der Waals surface area contributed by atoms with Crippen LogP contribution in [0.25, 0.3) is 0 Å². The van der Waals surface area contributed by atoms with Crippen LogP contribution in [0.4, 0.5) is 0 Å². The van der Waals surface area contributed by atoms with Crippen LogP contribution in [-0.4, -0.2) is 8.42 Å². The Hall–Kier alpha value is -1.17. The molecule has 1 unspecified atom stereocenters. The molecule has 0 saturated carbocycles. The van der Waals surface area contributed by atoms with Crippen molar-refractivity contribution in [2.45, 2.75) is 24.8 Å². The third-order valence-electron chi connectivity index (χ3n) is 3.07. The lowest BCUT2D eigenvalue weighted by Gasteiger charge is -2.16. The molecule has 2 rings (SSSR count). The normalized spacial score (nSPS) is 13.2. The van der Waals surface area contributed by atoms with E-state index < -0.39 is 10.0 Å². The van der Waals surface area contributed by atoms with E-state index in [1.165, 1.54) is 0 Å². The van der Waals surface area contributed by atoms with Crippen molar-refractivity contribution in [2.75, 3.05) is 0 Å². The molecule has 20 heavy (non-hydrogen) atoms. The maximum absolute atomic E-state index is 12.5. The van der Waals surface area contributed by atoms with E-state index in [0.717, 1.165) is 15.6 Å². The maximum atomic E-state index is 12.5. The summed E-state index contributed by atoms with van der Waals surface area (Å²) in [4.78, 5) is 0.301. The third-order valence-corrected chi connectivity index (χ3v) is 5.25. The zero-order valence-corrected chi connectivity index (χ0v) is 13.7. The molecule has 1 atom stereocenters. The van der Waals surface area contributed by atoms with Gasteiger partial charge in [0.25, 0.3) is 0 Å². The van der Waals surface area contributed by atoms with Crippen LogP contribution >= 0.6 is 15.9 Å². The van der Waals surface area contributed by atoms with Crippen LogP contribution in [0.1, 0.15) is 24.1 Å². The molecule has 0 radical (unpaired) electrons. The lowest BCUT2D eigenvalue weighted by atomic mass is 10.1. The van der Waals surface area contributed by atoms with Gasteiger partial charge in [0, 0.05) is 10.5 Å². The van der Waals surface area contributed by atoms with Crippen LogP contribution in [0.3, 0.4) is 0 Å². The van der Waals surface area contributed by atoms with Gasteiger partial charge in [0.1, 0.15) is 0 Å². The molecule has 0 heterocycles. The predicted molar refractivity (Wildman–Crippen MR) is 84.1 cm³/mol. The van der Waals surface area contributed by atoms with E-state index in [0.29, 0.717) is 4.90 Å². The Kier molecular flexibility index (Phi) is 4.62. The SMILES string of the molecule is Cc1ccc(Br)cc1S(=O)(=O)NC(C)c1ccccc1. The molecule has 1 N–H and O–H groups in total. The second kappa shape index (κ2) is 6.08. The molecule has 0 bridgehead atoms. The van der Waals surface area contributed by atoms with Crippen molar-refractivity contribution in [3.8, 4) is 0 Å². The summed E-state index contributed by atoms with van der Waals surface area (Å²) >= 11 is 3.31. The summed E-state index contributed by atoms with van der Waals surface area (Å²) in [5, 5.41) is 0. The largest absolute Gasteiger partial charge is 0.241 e. The molecule has 0 aliphatic heterocycles. The number of hydrogen-bond donors (Lipinski definition) is 1. The standard InChI is InChI=1S/C15H16BrNO2S/c1-11-8-9-14(16)10-15(11)20(18,19)17-12(2)13-6-4-3-5-7-13/h3-10,12,17H,1-2H3. The average Bonchev–Trinajstić information content (AvgIpc) is 2.42. The Labute approximate surface area is 128 Å². The van der Waals surface area contributed by atoms with E-state index in [2.05, 4.69) is 20.7 Å². The summed E-state index contributed by atoms with van der Waals surface area (Å²) in [5.41, 5.74) is 1.66. The molecule has 3 nitrogen and oxygen atoms in total. The first-order valence-electron chi connectivity index (χ1n) is 6.23. The van der Waals surface area contributed by atoms with Crippen molar-refractivity contribution in [1.82, 2.24) is 4.72 Å². The van der Waals surface area contributed by atoms with Crippen molar-refractivity contribution in [1.29, 1.82) is 0 Å². The molecule has 0 aromatic heterocycles. The van der Waals surface area contributed by atoms with Crippen molar-refractivity contribution in [3.63, 3.8) is 0 Å². The summed E-state index contributed by atoms with van der Waals surface area (Å²) in [5.74, 6) is 0. The topological polar surface area (TPSA) is 46.2 Å². The van der Waals surface area contributed by atoms with Gasteiger partial charge in [0.15, 0.2) is 0 Å². The van der Waals surface area contributed by atoms with Gasteiger partial charge >= 0.3 is 0 Å². The highest BCUT2D eigenvalue weighted by atomic mass is 79.9. The zero-order valence-electron chi connectivity index (χ0n) is 11.3. The number of sulfonamides is 1. The molecule has 0 aliphatic rings. The molecule has 106 valence electrons. The number of aryl methyl sites for hydroxylation is 1. The quantitative estimate of drug-likeness (QED) is 0.908. The van der Waals surface area contributed by atoms with Gasteiger partial charge < -0.3 is 0 Å². The minimum Gasteiger partial charge on any atom is -0.207 e. The molecule has 2 aromatic rings. The molecule has 0 spiro atoms. The second-order valence-electron chi connectivity index (χ2n) is 4.66. The second-order valence-corrected chi connectivity index (χ2v) is 7.26. The maximum Gasteiger partial charge on any atom is 0.241 e. The van der Waals surface area contributed by atoms with Crippen molar-refractivity contribution in [2.24, 2.45) is 0 Å². The number of benzene rings is 2. The highest BCUT2D eigenvalue weighted by Gasteiger charge is 2.20. The minimum atomic E-state index is -3.54. The number of nitrogens with one attached hydrogen (secondary N) is 1. The molecule has 2 aromatic carbocycles. The first kappa shape index (κ1) is 15.2. The minimum absolute atomic E-state index is 0.278. The van der Waals surface area contributed by atoms with Gasteiger partial charge in [0.2, 0.25) is 10.0 Å². The zero-order chi connectivity index (χ0) is 14.8. The smallest absolute Gasteiger partial charge is 0.207 e. The fraction of sp³-hybridized carbons (Fsp3) is 0.200. The Morgan fingerprint density at radius 1 is 1.10 bits per heavy atom. The van der Waals surface area contributed by atoms with Gasteiger partial charge in [-0.05, 0) is 37.1 Å². The molecule has 0 amide bonds. The first-order chi connectivity index (χ1) is 9.40. The lowest BCUT2D eigenvalue weighted by molar-refractivity contribution is 0.566. The summed E-state index contributed by atoms with van der Waals surface area (Å²) in [6, 6.07) is 14.5.